The Morgan fingerprint density at radius 2 is 1.29 bits per heavy atom. The number of nitro groups is 3. The fourth-order valence-electron chi connectivity index (χ4n) is 1.07. The van der Waals surface area contributed by atoms with E-state index in [0.717, 1.165) is 0 Å². The summed E-state index contributed by atoms with van der Waals surface area (Å²) >= 11 is 0. The molecule has 0 fully saturated rings. The van der Waals surface area contributed by atoms with E-state index in [1.165, 1.54) is 0 Å². The van der Waals surface area contributed by atoms with E-state index in [1.54, 1.807) is 0 Å². The molecule has 0 N–H and O–H groups in total. The molecule has 1 aromatic carbocycles. The Labute approximate surface area is 91.1 Å². The average Bonchev–Trinajstić information content (AvgIpc) is 2.26. The van der Waals surface area contributed by atoms with Gasteiger partial charge in [-0.3, -0.25) is 30.3 Å². The Kier molecular flexibility index (Phi) is 3.03. The van der Waals surface area contributed by atoms with Crippen molar-refractivity contribution in [3.05, 3.63) is 47.4 Å². The first kappa shape index (κ1) is 12.1. The van der Waals surface area contributed by atoms with Crippen molar-refractivity contribution < 1.29 is 14.8 Å². The quantitative estimate of drug-likeness (QED) is 0.441. The standard InChI is InChI=1S/C6H2N4O7/c11-7-6-4(9(14)15)1-3(8(12)13)2-5(6)10(16)17/h1-2H. The van der Waals surface area contributed by atoms with E-state index in [9.17, 15) is 35.3 Å². The average molecular weight is 242 g/mol. The highest BCUT2D eigenvalue weighted by atomic mass is 16.6. The smallest absolute Gasteiger partial charge is 0.258 e. The van der Waals surface area contributed by atoms with Crippen molar-refractivity contribution in [1.29, 1.82) is 0 Å². The van der Waals surface area contributed by atoms with E-state index >= 15 is 0 Å². The van der Waals surface area contributed by atoms with Crippen LogP contribution in [0.3, 0.4) is 0 Å². The second-order valence-corrected chi connectivity index (χ2v) is 2.70. The van der Waals surface area contributed by atoms with Crippen LogP contribution in [0, 0.1) is 35.3 Å². The highest BCUT2D eigenvalue weighted by Gasteiger charge is 2.31. The summed E-state index contributed by atoms with van der Waals surface area (Å²) in [5, 5.41) is 33.5. The van der Waals surface area contributed by atoms with Gasteiger partial charge in [-0.15, -0.1) is 4.91 Å². The first-order chi connectivity index (χ1) is 7.88. The first-order valence-electron chi connectivity index (χ1n) is 3.83. The molecule has 0 aliphatic rings. The number of rotatable bonds is 4. The molecule has 0 unspecified atom stereocenters. The van der Waals surface area contributed by atoms with Gasteiger partial charge in [0.05, 0.1) is 26.9 Å². The minimum absolute atomic E-state index is 0.434. The number of hydrogen-bond acceptors (Lipinski definition) is 8. The molecule has 0 amide bonds. The van der Waals surface area contributed by atoms with Crippen molar-refractivity contribution in [3.63, 3.8) is 0 Å². The molecule has 0 saturated heterocycles. The van der Waals surface area contributed by atoms with Crippen LogP contribution in [0.2, 0.25) is 0 Å². The number of nitrogens with zero attached hydrogens (tertiary/aromatic N) is 4. The normalized spacial score (nSPS) is 9.65. The molecular formula is C6H2N4O7. The monoisotopic (exact) mass is 242 g/mol. The van der Waals surface area contributed by atoms with E-state index in [1.807, 2.05) is 0 Å². The van der Waals surface area contributed by atoms with E-state index in [0.29, 0.717) is 12.1 Å². The zero-order valence-electron chi connectivity index (χ0n) is 7.80. The molecule has 0 aliphatic heterocycles. The van der Waals surface area contributed by atoms with Gasteiger partial charge in [0.2, 0.25) is 0 Å². The lowest BCUT2D eigenvalue weighted by molar-refractivity contribution is -0.402. The van der Waals surface area contributed by atoms with Crippen LogP contribution in [0.4, 0.5) is 22.7 Å². The molecule has 0 aromatic heterocycles. The summed E-state index contributed by atoms with van der Waals surface area (Å²) < 4.78 is 0. The number of benzene rings is 1. The maximum absolute atomic E-state index is 10.5. The third-order valence-corrected chi connectivity index (χ3v) is 1.75. The molecule has 0 aliphatic carbocycles. The number of nitroso groups, excluding NO2 is 1. The maximum Gasteiger partial charge on any atom is 0.312 e. The summed E-state index contributed by atoms with van der Waals surface area (Å²) in [5.41, 5.74) is -4.08. The summed E-state index contributed by atoms with van der Waals surface area (Å²) in [6, 6.07) is 0.869. The Hall–Kier alpha value is -2.98. The number of nitro benzene ring substituents is 3. The van der Waals surface area contributed by atoms with Gasteiger partial charge in [0.15, 0.2) is 0 Å². The Balaban J connectivity index is 3.68. The van der Waals surface area contributed by atoms with E-state index in [-0.39, 0.29) is 0 Å². The molecule has 88 valence electrons. The van der Waals surface area contributed by atoms with Crippen molar-refractivity contribution in [1.82, 2.24) is 0 Å². The second kappa shape index (κ2) is 4.26. The van der Waals surface area contributed by atoms with Crippen LogP contribution in [-0.2, 0) is 0 Å². The Morgan fingerprint density at radius 3 is 1.53 bits per heavy atom. The highest BCUT2D eigenvalue weighted by molar-refractivity contribution is 5.73. The van der Waals surface area contributed by atoms with Crippen LogP contribution in [0.15, 0.2) is 17.3 Å². The zero-order chi connectivity index (χ0) is 13.2. The molecule has 0 atom stereocenters. The van der Waals surface area contributed by atoms with E-state index in [4.69, 9.17) is 0 Å². The van der Waals surface area contributed by atoms with Gasteiger partial charge in [-0.2, -0.15) is 0 Å². The third kappa shape index (κ3) is 2.17. The fourth-order valence-corrected chi connectivity index (χ4v) is 1.07. The van der Waals surface area contributed by atoms with Crippen molar-refractivity contribution in [2.75, 3.05) is 0 Å². The van der Waals surface area contributed by atoms with Crippen LogP contribution in [0.25, 0.3) is 0 Å². The SMILES string of the molecule is O=Nc1c([N+](=O)[O-])cc([N+](=O)[O-])cc1[N+](=O)[O-]. The lowest BCUT2D eigenvalue weighted by Crippen LogP contribution is -1.97. The lowest BCUT2D eigenvalue weighted by Gasteiger charge is -1.97. The Bertz CT molecular complexity index is 504. The summed E-state index contributed by atoms with van der Waals surface area (Å²) in [7, 11) is 0. The van der Waals surface area contributed by atoms with Crippen molar-refractivity contribution in [2.45, 2.75) is 0 Å². The summed E-state index contributed by atoms with van der Waals surface area (Å²) in [6.45, 7) is 0. The minimum atomic E-state index is -1.16. The van der Waals surface area contributed by atoms with Gasteiger partial charge in [0.25, 0.3) is 11.4 Å². The number of non-ortho nitro benzene ring substituents is 1. The van der Waals surface area contributed by atoms with Crippen molar-refractivity contribution >= 4 is 22.7 Å². The molecule has 0 saturated carbocycles. The summed E-state index contributed by atoms with van der Waals surface area (Å²) in [5.74, 6) is 0. The van der Waals surface area contributed by atoms with Crippen LogP contribution in [0.1, 0.15) is 0 Å². The topological polar surface area (TPSA) is 159 Å². The van der Waals surface area contributed by atoms with Gasteiger partial charge >= 0.3 is 11.4 Å². The van der Waals surface area contributed by atoms with Gasteiger partial charge < -0.3 is 0 Å². The Morgan fingerprint density at radius 1 is 0.882 bits per heavy atom. The highest BCUT2D eigenvalue weighted by Crippen LogP contribution is 2.40. The molecule has 0 spiro atoms. The third-order valence-electron chi connectivity index (χ3n) is 1.75. The van der Waals surface area contributed by atoms with Crippen molar-refractivity contribution in [2.24, 2.45) is 5.18 Å². The van der Waals surface area contributed by atoms with Crippen LogP contribution < -0.4 is 0 Å². The minimum Gasteiger partial charge on any atom is -0.258 e. The largest absolute Gasteiger partial charge is 0.312 e. The van der Waals surface area contributed by atoms with Gasteiger partial charge in [0, 0.05) is 0 Å². The molecular weight excluding hydrogens is 240 g/mol. The van der Waals surface area contributed by atoms with Crippen LogP contribution in [0.5, 0.6) is 0 Å². The second-order valence-electron chi connectivity index (χ2n) is 2.70. The molecule has 0 radical (unpaired) electrons. The lowest BCUT2D eigenvalue weighted by atomic mass is 10.2. The molecule has 0 heterocycles. The molecule has 17 heavy (non-hydrogen) atoms. The van der Waals surface area contributed by atoms with Crippen LogP contribution >= 0.6 is 0 Å². The fraction of sp³-hybridized carbons (Fsp3) is 0. The van der Waals surface area contributed by atoms with Crippen LogP contribution in [-0.4, -0.2) is 14.8 Å². The molecule has 1 aromatic rings. The van der Waals surface area contributed by atoms with E-state index < -0.39 is 37.5 Å². The zero-order valence-corrected chi connectivity index (χ0v) is 7.80. The predicted octanol–water partition coefficient (Wildman–Crippen LogP) is 1.81. The van der Waals surface area contributed by atoms with Gasteiger partial charge in [-0.05, 0) is 5.18 Å². The first-order valence-corrected chi connectivity index (χ1v) is 3.83. The summed E-state index contributed by atoms with van der Waals surface area (Å²) in [6.07, 6.45) is 0. The van der Waals surface area contributed by atoms with Crippen molar-refractivity contribution in [3.8, 4) is 0 Å². The molecule has 11 heteroatoms. The molecule has 1 rings (SSSR count). The molecule has 11 nitrogen and oxygen atoms in total. The predicted molar refractivity (Wildman–Crippen MR) is 51.9 cm³/mol. The summed E-state index contributed by atoms with van der Waals surface area (Å²) in [4.78, 5) is 38.3. The molecule has 0 bridgehead atoms. The maximum atomic E-state index is 10.5. The van der Waals surface area contributed by atoms with Gasteiger partial charge in [-0.1, -0.05) is 0 Å². The van der Waals surface area contributed by atoms with E-state index in [2.05, 4.69) is 5.18 Å². The number of hydrogen-bond donors (Lipinski definition) is 0. The van der Waals surface area contributed by atoms with Gasteiger partial charge in [0.1, 0.15) is 0 Å². The van der Waals surface area contributed by atoms with Gasteiger partial charge in [-0.25, -0.2) is 0 Å².